The Morgan fingerprint density at radius 3 is 2.85 bits per heavy atom. The molecule has 13 heavy (non-hydrogen) atoms. The second-order valence-electron chi connectivity index (χ2n) is 3.12. The molecule has 5 heteroatoms. The molecule has 4 nitrogen and oxygen atoms in total. The summed E-state index contributed by atoms with van der Waals surface area (Å²) in [4.78, 5) is 3.92. The first kappa shape index (κ1) is 8.44. The molecule has 0 amide bonds. The van der Waals surface area contributed by atoms with Crippen molar-refractivity contribution in [3.63, 3.8) is 0 Å². The van der Waals surface area contributed by atoms with Crippen LogP contribution in [-0.4, -0.2) is 19.6 Å². The van der Waals surface area contributed by atoms with Gasteiger partial charge in [-0.2, -0.15) is 0 Å². The number of hydrogen-bond acceptors (Lipinski definition) is 3. The van der Waals surface area contributed by atoms with Crippen LogP contribution in [0.15, 0.2) is 12.4 Å². The number of hydrogen-bond donors (Lipinski definition) is 0. The molecule has 2 rings (SSSR count). The van der Waals surface area contributed by atoms with E-state index < -0.39 is 0 Å². The van der Waals surface area contributed by atoms with Crippen molar-refractivity contribution in [1.82, 2.24) is 19.6 Å². The molecule has 0 radical (unpaired) electrons. The minimum atomic E-state index is 0.327. The van der Waals surface area contributed by atoms with E-state index in [-0.39, 0.29) is 0 Å². The molecule has 0 aliphatic rings. The van der Waals surface area contributed by atoms with Crippen molar-refractivity contribution in [2.75, 3.05) is 0 Å². The number of rotatable bonds is 1. The highest BCUT2D eigenvalue weighted by Crippen LogP contribution is 2.16. The fourth-order valence-corrected chi connectivity index (χ4v) is 1.39. The van der Waals surface area contributed by atoms with Crippen LogP contribution in [0.1, 0.15) is 25.6 Å². The molecule has 2 aromatic heterocycles. The van der Waals surface area contributed by atoms with Crippen molar-refractivity contribution in [2.45, 2.75) is 19.8 Å². The molecule has 0 saturated heterocycles. The third kappa shape index (κ3) is 1.27. The Kier molecular flexibility index (Phi) is 1.92. The molecular weight excluding hydrogens is 188 g/mol. The molecule has 68 valence electrons. The van der Waals surface area contributed by atoms with Crippen LogP contribution < -0.4 is 0 Å². The zero-order chi connectivity index (χ0) is 9.42. The lowest BCUT2D eigenvalue weighted by atomic mass is 10.2. The largest absolute Gasteiger partial charge is 0.282 e. The van der Waals surface area contributed by atoms with Crippen LogP contribution in [0.25, 0.3) is 5.65 Å². The summed E-state index contributed by atoms with van der Waals surface area (Å²) in [7, 11) is 0. The third-order valence-corrected chi connectivity index (χ3v) is 2.09. The lowest BCUT2D eigenvalue weighted by Crippen LogP contribution is -1.96. The standard InChI is InChI=1S/C8H9ClN4/c1-5(2)7-11-12-8-6(9)10-3-4-13(7)8/h3-5H,1-2H3. The molecule has 0 unspecified atom stereocenters. The van der Waals surface area contributed by atoms with Crippen molar-refractivity contribution in [3.8, 4) is 0 Å². The predicted octanol–water partition coefficient (Wildman–Crippen LogP) is 1.90. The van der Waals surface area contributed by atoms with Crippen molar-refractivity contribution in [1.29, 1.82) is 0 Å². The zero-order valence-corrected chi connectivity index (χ0v) is 8.15. The molecule has 0 aliphatic heterocycles. The van der Waals surface area contributed by atoms with E-state index in [0.29, 0.717) is 16.7 Å². The first-order chi connectivity index (χ1) is 6.20. The van der Waals surface area contributed by atoms with Gasteiger partial charge >= 0.3 is 0 Å². The SMILES string of the molecule is CC(C)c1nnc2c(Cl)nccn12. The van der Waals surface area contributed by atoms with Crippen LogP contribution >= 0.6 is 11.6 Å². The molecular formula is C8H9ClN4. The van der Waals surface area contributed by atoms with Gasteiger partial charge in [-0.05, 0) is 0 Å². The van der Waals surface area contributed by atoms with E-state index in [1.807, 2.05) is 10.6 Å². The van der Waals surface area contributed by atoms with Crippen LogP contribution in [0.3, 0.4) is 0 Å². The summed E-state index contributed by atoms with van der Waals surface area (Å²) in [6.45, 7) is 4.12. The Labute approximate surface area is 80.6 Å². The van der Waals surface area contributed by atoms with Crippen molar-refractivity contribution >= 4 is 17.2 Å². The summed E-state index contributed by atoms with van der Waals surface area (Å²) in [6, 6.07) is 0. The third-order valence-electron chi connectivity index (χ3n) is 1.83. The molecule has 0 spiro atoms. The highest BCUT2D eigenvalue weighted by molar-refractivity contribution is 6.32. The van der Waals surface area contributed by atoms with Crippen LogP contribution in [0.4, 0.5) is 0 Å². The molecule has 2 aromatic rings. The van der Waals surface area contributed by atoms with Crippen molar-refractivity contribution in [2.24, 2.45) is 0 Å². The monoisotopic (exact) mass is 196 g/mol. The normalized spacial score (nSPS) is 11.4. The first-order valence-corrected chi connectivity index (χ1v) is 4.43. The molecule has 0 N–H and O–H groups in total. The van der Waals surface area contributed by atoms with Gasteiger partial charge in [0.05, 0.1) is 0 Å². The van der Waals surface area contributed by atoms with Crippen molar-refractivity contribution < 1.29 is 0 Å². The highest BCUT2D eigenvalue weighted by Gasteiger charge is 2.10. The molecule has 0 fully saturated rings. The summed E-state index contributed by atoms with van der Waals surface area (Å²) in [5, 5.41) is 8.39. The van der Waals surface area contributed by atoms with Gasteiger partial charge in [0.1, 0.15) is 5.82 Å². The van der Waals surface area contributed by atoms with Gasteiger partial charge in [0.2, 0.25) is 0 Å². The zero-order valence-electron chi connectivity index (χ0n) is 7.40. The van der Waals surface area contributed by atoms with Crippen LogP contribution in [0, 0.1) is 0 Å². The second kappa shape index (κ2) is 2.96. The molecule has 0 atom stereocenters. The van der Waals surface area contributed by atoms with Gasteiger partial charge in [0.25, 0.3) is 0 Å². The molecule has 2 heterocycles. The summed E-state index contributed by atoms with van der Waals surface area (Å²) in [5.74, 6) is 1.23. The average molecular weight is 197 g/mol. The lowest BCUT2D eigenvalue weighted by Gasteiger charge is -2.01. The smallest absolute Gasteiger partial charge is 0.198 e. The second-order valence-corrected chi connectivity index (χ2v) is 3.48. The van der Waals surface area contributed by atoms with Gasteiger partial charge in [-0.1, -0.05) is 25.4 Å². The van der Waals surface area contributed by atoms with Gasteiger partial charge < -0.3 is 0 Å². The van der Waals surface area contributed by atoms with E-state index in [2.05, 4.69) is 29.0 Å². The maximum absolute atomic E-state index is 5.84. The fourth-order valence-electron chi connectivity index (χ4n) is 1.21. The minimum absolute atomic E-state index is 0.327. The Balaban J connectivity index is 2.75. The van der Waals surface area contributed by atoms with Gasteiger partial charge in [-0.25, -0.2) is 4.98 Å². The molecule has 0 bridgehead atoms. The van der Waals surface area contributed by atoms with Crippen LogP contribution in [0.2, 0.25) is 5.15 Å². The van der Waals surface area contributed by atoms with E-state index in [4.69, 9.17) is 11.6 Å². The van der Waals surface area contributed by atoms with E-state index in [9.17, 15) is 0 Å². The van der Waals surface area contributed by atoms with Gasteiger partial charge in [0, 0.05) is 18.3 Å². The van der Waals surface area contributed by atoms with E-state index in [1.165, 1.54) is 0 Å². The van der Waals surface area contributed by atoms with E-state index >= 15 is 0 Å². The summed E-state index contributed by atoms with van der Waals surface area (Å²) < 4.78 is 1.86. The summed E-state index contributed by atoms with van der Waals surface area (Å²) in [6.07, 6.45) is 3.46. The van der Waals surface area contributed by atoms with E-state index in [1.54, 1.807) is 6.20 Å². The van der Waals surface area contributed by atoms with Crippen LogP contribution in [-0.2, 0) is 0 Å². The topological polar surface area (TPSA) is 43.1 Å². The first-order valence-electron chi connectivity index (χ1n) is 4.05. The number of fused-ring (bicyclic) bond motifs is 1. The summed E-state index contributed by atoms with van der Waals surface area (Å²) >= 11 is 5.84. The molecule has 0 aromatic carbocycles. The van der Waals surface area contributed by atoms with Gasteiger partial charge in [-0.3, -0.25) is 4.40 Å². The fraction of sp³-hybridized carbons (Fsp3) is 0.375. The minimum Gasteiger partial charge on any atom is -0.282 e. The average Bonchev–Trinajstić information content (AvgIpc) is 2.48. The predicted molar refractivity (Wildman–Crippen MR) is 49.9 cm³/mol. The Hall–Kier alpha value is -1.16. The Morgan fingerprint density at radius 2 is 2.15 bits per heavy atom. The van der Waals surface area contributed by atoms with Gasteiger partial charge in [-0.15, -0.1) is 10.2 Å². The quantitative estimate of drug-likeness (QED) is 0.700. The van der Waals surface area contributed by atoms with Gasteiger partial charge in [0.15, 0.2) is 10.8 Å². The maximum Gasteiger partial charge on any atom is 0.198 e. The Bertz CT molecular complexity index is 435. The van der Waals surface area contributed by atoms with Crippen LogP contribution in [0.5, 0.6) is 0 Å². The molecule has 0 aliphatic carbocycles. The lowest BCUT2D eigenvalue weighted by molar-refractivity contribution is 0.758. The number of nitrogens with zero attached hydrogens (tertiary/aromatic N) is 4. The Morgan fingerprint density at radius 1 is 1.38 bits per heavy atom. The summed E-state index contributed by atoms with van der Waals surface area (Å²) in [5.41, 5.74) is 0.618. The number of aromatic nitrogens is 4. The molecule has 0 saturated carbocycles. The highest BCUT2D eigenvalue weighted by atomic mass is 35.5. The van der Waals surface area contributed by atoms with Crippen molar-refractivity contribution in [3.05, 3.63) is 23.4 Å². The number of halogens is 1. The maximum atomic E-state index is 5.84. The van der Waals surface area contributed by atoms with E-state index in [0.717, 1.165) is 5.82 Å².